The van der Waals surface area contributed by atoms with Gasteiger partial charge in [-0.05, 0) is 59.2 Å². The van der Waals surface area contributed by atoms with Crippen LogP contribution in [0, 0.1) is 13.8 Å². The van der Waals surface area contributed by atoms with E-state index in [1.165, 1.54) is 5.56 Å². The predicted molar refractivity (Wildman–Crippen MR) is 108 cm³/mol. The predicted octanol–water partition coefficient (Wildman–Crippen LogP) is 4.84. The normalized spacial score (nSPS) is 12.7. The largest absolute Gasteiger partial charge is 0.457 e. The summed E-state index contributed by atoms with van der Waals surface area (Å²) in [6.45, 7) is 10.9. The first kappa shape index (κ1) is 20.4. The number of benzene rings is 2. The minimum Gasteiger partial charge on any atom is -0.457 e. The average molecular weight is 373 g/mol. The standard InChI is InChI=1S/C22H28O3S/c1-15-10-19(22(3,4)5)11-16(2)20(15)13-25-21(23)18-9-7-8-17(12-18)14-26(6)24/h7-12H,13-14H2,1-6H3. The number of hydrogen-bond acceptors (Lipinski definition) is 3. The summed E-state index contributed by atoms with van der Waals surface area (Å²) in [6.07, 6.45) is 1.65. The van der Waals surface area contributed by atoms with Gasteiger partial charge in [0.05, 0.1) is 5.56 Å². The highest BCUT2D eigenvalue weighted by molar-refractivity contribution is 7.83. The Morgan fingerprint density at radius 1 is 1.08 bits per heavy atom. The first-order valence-electron chi connectivity index (χ1n) is 8.74. The van der Waals surface area contributed by atoms with E-state index in [1.54, 1.807) is 24.5 Å². The first-order valence-corrected chi connectivity index (χ1v) is 10.5. The molecular formula is C22H28O3S. The summed E-state index contributed by atoms with van der Waals surface area (Å²) in [4.78, 5) is 12.4. The van der Waals surface area contributed by atoms with Crippen LogP contribution in [0.4, 0.5) is 0 Å². The Morgan fingerprint density at radius 3 is 2.23 bits per heavy atom. The van der Waals surface area contributed by atoms with Crippen molar-refractivity contribution >= 4 is 16.8 Å². The molecule has 0 aliphatic carbocycles. The van der Waals surface area contributed by atoms with Gasteiger partial charge < -0.3 is 4.74 Å². The van der Waals surface area contributed by atoms with Gasteiger partial charge in [0.1, 0.15) is 6.61 Å². The molecule has 0 saturated heterocycles. The van der Waals surface area contributed by atoms with E-state index >= 15 is 0 Å². The van der Waals surface area contributed by atoms with Gasteiger partial charge >= 0.3 is 5.97 Å². The highest BCUT2D eigenvalue weighted by Crippen LogP contribution is 2.27. The fraction of sp³-hybridized carbons (Fsp3) is 0.409. The number of carbonyl (C=O) groups excluding carboxylic acids is 1. The van der Waals surface area contributed by atoms with Gasteiger partial charge in [0.25, 0.3) is 0 Å². The van der Waals surface area contributed by atoms with Gasteiger partial charge in [0, 0.05) is 22.8 Å². The molecular weight excluding hydrogens is 344 g/mol. The lowest BCUT2D eigenvalue weighted by atomic mass is 9.84. The molecule has 1 atom stereocenters. The molecule has 2 aromatic carbocycles. The zero-order chi connectivity index (χ0) is 19.5. The SMILES string of the molecule is Cc1cc(C(C)(C)C)cc(C)c1COC(=O)c1cccc(CS(C)=O)c1. The monoisotopic (exact) mass is 372 g/mol. The van der Waals surface area contributed by atoms with Crippen molar-refractivity contribution in [2.24, 2.45) is 0 Å². The molecule has 0 fully saturated rings. The van der Waals surface area contributed by atoms with E-state index in [9.17, 15) is 9.00 Å². The molecule has 1 unspecified atom stereocenters. The lowest BCUT2D eigenvalue weighted by Crippen LogP contribution is -2.13. The van der Waals surface area contributed by atoms with Crippen LogP contribution in [0.1, 0.15) is 58.9 Å². The molecule has 0 aromatic heterocycles. The van der Waals surface area contributed by atoms with Gasteiger partial charge in [-0.3, -0.25) is 4.21 Å². The zero-order valence-electron chi connectivity index (χ0n) is 16.5. The molecule has 3 nitrogen and oxygen atoms in total. The molecule has 0 radical (unpaired) electrons. The maximum atomic E-state index is 12.4. The average Bonchev–Trinajstić information content (AvgIpc) is 2.52. The number of rotatable bonds is 5. The Kier molecular flexibility index (Phi) is 6.40. The lowest BCUT2D eigenvalue weighted by molar-refractivity contribution is 0.0471. The second-order valence-corrected chi connectivity index (χ2v) is 9.27. The Balaban J connectivity index is 2.14. The van der Waals surface area contributed by atoms with Crippen LogP contribution < -0.4 is 0 Å². The van der Waals surface area contributed by atoms with Crippen molar-refractivity contribution in [1.29, 1.82) is 0 Å². The van der Waals surface area contributed by atoms with E-state index in [2.05, 4.69) is 46.8 Å². The van der Waals surface area contributed by atoms with Gasteiger partial charge in [-0.15, -0.1) is 0 Å². The van der Waals surface area contributed by atoms with Gasteiger partial charge in [0.15, 0.2) is 0 Å². The molecule has 0 saturated carbocycles. The Morgan fingerprint density at radius 2 is 1.69 bits per heavy atom. The van der Waals surface area contributed by atoms with E-state index in [0.717, 1.165) is 22.3 Å². The van der Waals surface area contributed by atoms with E-state index in [1.807, 2.05) is 6.07 Å². The Labute approximate surface area is 159 Å². The van der Waals surface area contributed by atoms with Gasteiger partial charge in [-0.25, -0.2) is 4.79 Å². The van der Waals surface area contributed by atoms with Crippen molar-refractivity contribution in [3.63, 3.8) is 0 Å². The zero-order valence-corrected chi connectivity index (χ0v) is 17.3. The number of ether oxygens (including phenoxy) is 1. The van der Waals surface area contributed by atoms with Crippen LogP contribution in [0.5, 0.6) is 0 Å². The third-order valence-electron chi connectivity index (χ3n) is 4.44. The minimum absolute atomic E-state index is 0.0878. The van der Waals surface area contributed by atoms with Crippen LogP contribution >= 0.6 is 0 Å². The molecule has 0 aliphatic heterocycles. The molecule has 0 bridgehead atoms. The highest BCUT2D eigenvalue weighted by atomic mass is 32.2. The van der Waals surface area contributed by atoms with Crippen molar-refractivity contribution in [3.05, 3.63) is 69.8 Å². The van der Waals surface area contributed by atoms with Crippen molar-refractivity contribution in [3.8, 4) is 0 Å². The molecule has 0 amide bonds. The van der Waals surface area contributed by atoms with Crippen molar-refractivity contribution in [2.45, 2.75) is 52.4 Å². The maximum absolute atomic E-state index is 12.4. The topological polar surface area (TPSA) is 43.4 Å². The smallest absolute Gasteiger partial charge is 0.338 e. The van der Waals surface area contributed by atoms with Gasteiger partial charge in [-0.2, -0.15) is 0 Å². The molecule has 140 valence electrons. The summed E-state index contributed by atoms with van der Waals surface area (Å²) in [6, 6.07) is 11.5. The molecule has 0 N–H and O–H groups in total. The van der Waals surface area contributed by atoms with Crippen molar-refractivity contribution < 1.29 is 13.7 Å². The van der Waals surface area contributed by atoms with Gasteiger partial charge in [-0.1, -0.05) is 45.0 Å². The molecule has 2 rings (SSSR count). The molecule has 26 heavy (non-hydrogen) atoms. The van der Waals surface area contributed by atoms with E-state index < -0.39 is 10.8 Å². The van der Waals surface area contributed by atoms with Crippen molar-refractivity contribution in [2.75, 3.05) is 6.26 Å². The summed E-state index contributed by atoms with van der Waals surface area (Å²) in [7, 11) is -0.940. The van der Waals surface area contributed by atoms with Crippen LogP contribution in [0.25, 0.3) is 0 Å². The molecule has 4 heteroatoms. The number of esters is 1. The van der Waals surface area contributed by atoms with Crippen LogP contribution in [0.3, 0.4) is 0 Å². The minimum atomic E-state index is -0.940. The lowest BCUT2D eigenvalue weighted by Gasteiger charge is -2.22. The summed E-state index contributed by atoms with van der Waals surface area (Å²) in [5, 5.41) is 0. The molecule has 0 heterocycles. The number of hydrogen-bond donors (Lipinski definition) is 0. The van der Waals surface area contributed by atoms with Crippen LogP contribution in [-0.4, -0.2) is 16.4 Å². The van der Waals surface area contributed by atoms with Crippen LogP contribution in [0.2, 0.25) is 0 Å². The van der Waals surface area contributed by atoms with Crippen LogP contribution in [-0.2, 0) is 33.3 Å². The first-order chi connectivity index (χ1) is 12.1. The highest BCUT2D eigenvalue weighted by Gasteiger charge is 2.17. The number of aryl methyl sites for hydroxylation is 2. The fourth-order valence-electron chi connectivity index (χ4n) is 2.90. The van der Waals surface area contributed by atoms with Gasteiger partial charge in [0.2, 0.25) is 0 Å². The third-order valence-corrected chi connectivity index (χ3v) is 5.18. The van der Waals surface area contributed by atoms with E-state index in [0.29, 0.717) is 11.3 Å². The van der Waals surface area contributed by atoms with E-state index in [-0.39, 0.29) is 18.0 Å². The molecule has 0 spiro atoms. The third kappa shape index (κ3) is 5.28. The number of carbonyl (C=O) groups is 1. The quantitative estimate of drug-likeness (QED) is 0.706. The van der Waals surface area contributed by atoms with E-state index in [4.69, 9.17) is 4.74 Å². The van der Waals surface area contributed by atoms with Crippen LogP contribution in [0.15, 0.2) is 36.4 Å². The molecule has 2 aromatic rings. The van der Waals surface area contributed by atoms with Crippen molar-refractivity contribution in [1.82, 2.24) is 0 Å². The summed E-state index contributed by atoms with van der Waals surface area (Å²) < 4.78 is 16.9. The Bertz CT molecular complexity index is 809. The second-order valence-electron chi connectivity index (χ2n) is 7.83. The summed E-state index contributed by atoms with van der Waals surface area (Å²) >= 11 is 0. The Hall–Kier alpha value is -1.94. The molecule has 0 aliphatic rings. The summed E-state index contributed by atoms with van der Waals surface area (Å²) in [5.74, 6) is 0.0839. The second kappa shape index (κ2) is 8.17. The fourth-order valence-corrected chi connectivity index (χ4v) is 3.55. The maximum Gasteiger partial charge on any atom is 0.338 e. The summed E-state index contributed by atoms with van der Waals surface area (Å²) in [5.41, 5.74) is 6.07.